The molecular formula is C14H22. The molecule has 0 aromatic heterocycles. The summed E-state index contributed by atoms with van der Waals surface area (Å²) in [6.45, 7) is 4.56. The number of allylic oxidation sites excluding steroid dienone is 6. The van der Waals surface area contributed by atoms with E-state index in [2.05, 4.69) is 38.2 Å². The van der Waals surface area contributed by atoms with Crippen LogP contribution in [0.1, 0.15) is 47.0 Å². The lowest BCUT2D eigenvalue weighted by molar-refractivity contribution is 0.605. The first-order valence-corrected chi connectivity index (χ1v) is 5.28. The van der Waals surface area contributed by atoms with E-state index in [9.17, 15) is 0 Å². The zero-order valence-electron chi connectivity index (χ0n) is 8.64. The van der Waals surface area contributed by atoms with Gasteiger partial charge >= 0.3 is 0 Å². The number of fused-ring (bicyclic) bond motifs is 1. The van der Waals surface area contributed by atoms with E-state index in [0.717, 1.165) is 0 Å². The minimum absolute atomic E-state index is 0. The number of hydrogen-bond acceptors (Lipinski definition) is 0. The number of hydrogen-bond donors (Lipinski definition) is 0. The minimum atomic E-state index is 0. The van der Waals surface area contributed by atoms with Crippen molar-refractivity contribution in [3.05, 3.63) is 35.5 Å². The van der Waals surface area contributed by atoms with Gasteiger partial charge in [0.1, 0.15) is 0 Å². The molecule has 78 valence electrons. The highest BCUT2D eigenvalue weighted by molar-refractivity contribution is 5.40. The van der Waals surface area contributed by atoms with Crippen LogP contribution < -0.4 is 0 Å². The molecule has 0 bridgehead atoms. The molecule has 1 fully saturated rings. The van der Waals surface area contributed by atoms with Crippen molar-refractivity contribution in [2.45, 2.75) is 47.0 Å². The van der Waals surface area contributed by atoms with Gasteiger partial charge in [-0.3, -0.25) is 0 Å². The zero-order valence-corrected chi connectivity index (χ0v) is 8.64. The Hall–Kier alpha value is -0.780. The van der Waals surface area contributed by atoms with Gasteiger partial charge in [-0.2, -0.15) is 0 Å². The van der Waals surface area contributed by atoms with Gasteiger partial charge in [0.05, 0.1) is 0 Å². The highest BCUT2D eigenvalue weighted by Gasteiger charge is 2.18. The Morgan fingerprint density at radius 2 is 1.71 bits per heavy atom. The summed E-state index contributed by atoms with van der Waals surface area (Å²) in [5.41, 5.74) is 3.43. The van der Waals surface area contributed by atoms with Gasteiger partial charge in [0, 0.05) is 5.41 Å². The van der Waals surface area contributed by atoms with Crippen molar-refractivity contribution >= 4 is 0 Å². The molecule has 0 nitrogen and oxygen atoms in total. The largest absolute Gasteiger partial charge is 0.0776 e. The van der Waals surface area contributed by atoms with Crippen LogP contribution in [0.3, 0.4) is 0 Å². The zero-order chi connectivity index (χ0) is 9.31. The Kier molecular flexibility index (Phi) is 3.36. The van der Waals surface area contributed by atoms with Crippen LogP contribution in [0.4, 0.5) is 0 Å². The van der Waals surface area contributed by atoms with Crippen molar-refractivity contribution in [2.24, 2.45) is 5.41 Å². The molecule has 0 amide bonds. The minimum Gasteiger partial charge on any atom is -0.0776 e. The maximum atomic E-state index is 2.45. The van der Waals surface area contributed by atoms with E-state index in [1.807, 2.05) is 0 Å². The summed E-state index contributed by atoms with van der Waals surface area (Å²) in [6.07, 6.45) is 14.6. The van der Waals surface area contributed by atoms with Gasteiger partial charge in [0.25, 0.3) is 0 Å². The summed E-state index contributed by atoms with van der Waals surface area (Å²) in [6, 6.07) is 0. The molecule has 0 unspecified atom stereocenters. The van der Waals surface area contributed by atoms with Crippen LogP contribution in [0.5, 0.6) is 0 Å². The molecule has 0 atom stereocenters. The second kappa shape index (κ2) is 4.16. The smallest absolute Gasteiger partial charge is 0.00134 e. The Balaban J connectivity index is 0.000000980. The fourth-order valence-electron chi connectivity index (χ4n) is 2.22. The van der Waals surface area contributed by atoms with Gasteiger partial charge in [-0.1, -0.05) is 45.6 Å². The fraction of sp³-hybridized carbons (Fsp3) is 0.571. The van der Waals surface area contributed by atoms with E-state index in [-0.39, 0.29) is 12.8 Å². The van der Waals surface area contributed by atoms with Gasteiger partial charge in [0.2, 0.25) is 0 Å². The molecule has 0 aliphatic heterocycles. The van der Waals surface area contributed by atoms with Crippen molar-refractivity contribution in [1.82, 2.24) is 0 Å². The highest BCUT2D eigenvalue weighted by atomic mass is 14.2. The average Bonchev–Trinajstić information content (AvgIpc) is 2.21. The predicted octanol–water partition coefficient (Wildman–Crippen LogP) is 4.65. The first-order chi connectivity index (χ1) is 6.17. The van der Waals surface area contributed by atoms with Crippen LogP contribution in [-0.4, -0.2) is 0 Å². The normalized spacial score (nSPS) is 23.9. The Labute approximate surface area is 88.4 Å². The molecule has 2 rings (SSSR count). The summed E-state index contributed by atoms with van der Waals surface area (Å²) in [5.74, 6) is 0. The molecule has 0 radical (unpaired) electrons. The molecule has 0 saturated heterocycles. The van der Waals surface area contributed by atoms with Crippen molar-refractivity contribution in [2.75, 3.05) is 0 Å². The van der Waals surface area contributed by atoms with Crippen LogP contribution in [0.15, 0.2) is 35.5 Å². The van der Waals surface area contributed by atoms with Gasteiger partial charge in [0.15, 0.2) is 0 Å². The quantitative estimate of drug-likeness (QED) is 0.522. The van der Waals surface area contributed by atoms with E-state index in [0.29, 0.717) is 0 Å². The van der Waals surface area contributed by atoms with Crippen molar-refractivity contribution in [3.63, 3.8) is 0 Å². The Bertz CT molecular complexity index is 287. The molecule has 0 spiro atoms. The molecule has 0 aromatic carbocycles. The first kappa shape index (κ1) is 11.3. The number of rotatable bonds is 0. The molecule has 1 saturated carbocycles. The lowest BCUT2D eigenvalue weighted by atomic mass is 9.84. The van der Waals surface area contributed by atoms with E-state index in [4.69, 9.17) is 0 Å². The summed E-state index contributed by atoms with van der Waals surface area (Å²) in [5, 5.41) is 0. The SMILES string of the molecule is C.CC1(C)C=CC=C2CCCCC2=C1. The predicted molar refractivity (Wildman–Crippen MR) is 64.3 cm³/mol. The molecule has 14 heavy (non-hydrogen) atoms. The monoisotopic (exact) mass is 190 g/mol. The molecule has 0 aromatic rings. The van der Waals surface area contributed by atoms with E-state index in [1.165, 1.54) is 25.7 Å². The molecule has 0 heteroatoms. The average molecular weight is 190 g/mol. The van der Waals surface area contributed by atoms with Crippen molar-refractivity contribution in [1.29, 1.82) is 0 Å². The summed E-state index contributed by atoms with van der Waals surface area (Å²) < 4.78 is 0. The second-order valence-corrected chi connectivity index (χ2v) is 4.75. The van der Waals surface area contributed by atoms with Gasteiger partial charge in [-0.15, -0.1) is 0 Å². The Morgan fingerprint density at radius 1 is 1.07 bits per heavy atom. The molecule has 2 aliphatic rings. The summed E-state index contributed by atoms with van der Waals surface area (Å²) >= 11 is 0. The van der Waals surface area contributed by atoms with Gasteiger partial charge in [-0.05, 0) is 36.8 Å². The molecular weight excluding hydrogens is 168 g/mol. The van der Waals surface area contributed by atoms with E-state index in [1.54, 1.807) is 11.1 Å². The van der Waals surface area contributed by atoms with Crippen LogP contribution in [0.25, 0.3) is 0 Å². The van der Waals surface area contributed by atoms with E-state index < -0.39 is 0 Å². The topological polar surface area (TPSA) is 0 Å². The van der Waals surface area contributed by atoms with Crippen LogP contribution in [0, 0.1) is 5.41 Å². The van der Waals surface area contributed by atoms with Crippen LogP contribution in [0.2, 0.25) is 0 Å². The van der Waals surface area contributed by atoms with Crippen LogP contribution >= 0.6 is 0 Å². The van der Waals surface area contributed by atoms with E-state index >= 15 is 0 Å². The maximum absolute atomic E-state index is 2.45. The lowest BCUT2D eigenvalue weighted by Gasteiger charge is -2.21. The highest BCUT2D eigenvalue weighted by Crippen LogP contribution is 2.35. The molecule has 0 heterocycles. The first-order valence-electron chi connectivity index (χ1n) is 5.28. The van der Waals surface area contributed by atoms with Gasteiger partial charge in [-0.25, -0.2) is 0 Å². The molecule has 2 aliphatic carbocycles. The fourth-order valence-corrected chi connectivity index (χ4v) is 2.22. The van der Waals surface area contributed by atoms with Gasteiger partial charge < -0.3 is 0 Å². The lowest BCUT2D eigenvalue weighted by Crippen LogP contribution is -2.05. The third kappa shape index (κ3) is 2.37. The maximum Gasteiger partial charge on any atom is 0.00134 e. The molecule has 0 N–H and O–H groups in total. The third-order valence-electron chi connectivity index (χ3n) is 2.92. The standard InChI is InChI=1S/C13H18.CH4/c1-13(2)9-5-8-11-6-3-4-7-12(11)10-13;/h5,8-10H,3-4,6-7H2,1-2H3;1H4. The van der Waals surface area contributed by atoms with Crippen molar-refractivity contribution < 1.29 is 0 Å². The Morgan fingerprint density at radius 3 is 2.43 bits per heavy atom. The second-order valence-electron chi connectivity index (χ2n) is 4.75. The van der Waals surface area contributed by atoms with Crippen LogP contribution in [-0.2, 0) is 0 Å². The summed E-state index contributed by atoms with van der Waals surface area (Å²) in [4.78, 5) is 0. The summed E-state index contributed by atoms with van der Waals surface area (Å²) in [7, 11) is 0. The third-order valence-corrected chi connectivity index (χ3v) is 2.92. The van der Waals surface area contributed by atoms with Crippen molar-refractivity contribution in [3.8, 4) is 0 Å².